The second-order valence-electron chi connectivity index (χ2n) is 5.89. The van der Waals surface area contributed by atoms with E-state index in [1.807, 2.05) is 0 Å². The van der Waals surface area contributed by atoms with Gasteiger partial charge in [-0.3, -0.25) is 4.31 Å². The van der Waals surface area contributed by atoms with Gasteiger partial charge in [0, 0.05) is 5.02 Å². The van der Waals surface area contributed by atoms with Crippen LogP contribution in [0.4, 0.5) is 10.1 Å². The molecular weight excluding hydrogens is 373 g/mol. The molecule has 0 fully saturated rings. The largest absolute Gasteiger partial charge is 0.264 e. The van der Waals surface area contributed by atoms with Crippen molar-refractivity contribution in [2.24, 2.45) is 0 Å². The molecule has 0 radical (unpaired) electrons. The molecule has 0 aliphatic rings. The van der Waals surface area contributed by atoms with Crippen molar-refractivity contribution in [2.45, 2.75) is 18.4 Å². The Morgan fingerprint density at radius 2 is 1.69 bits per heavy atom. The smallest absolute Gasteiger partial charge is 0.262 e. The zero-order valence-corrected chi connectivity index (χ0v) is 15.6. The number of rotatable bonds is 5. The van der Waals surface area contributed by atoms with Crippen LogP contribution in [0.1, 0.15) is 11.1 Å². The lowest BCUT2D eigenvalue weighted by Gasteiger charge is -2.25. The van der Waals surface area contributed by atoms with Crippen molar-refractivity contribution in [2.75, 3.05) is 4.31 Å². The van der Waals surface area contributed by atoms with E-state index in [0.717, 1.165) is 0 Å². The summed E-state index contributed by atoms with van der Waals surface area (Å²) in [5, 5.41) is 0.509. The van der Waals surface area contributed by atoms with E-state index < -0.39 is 15.8 Å². The molecule has 0 N–H and O–H groups in total. The summed E-state index contributed by atoms with van der Waals surface area (Å²) in [4.78, 5) is 0.142. The van der Waals surface area contributed by atoms with Gasteiger partial charge in [0.15, 0.2) is 0 Å². The highest BCUT2D eigenvalue weighted by Gasteiger charge is 2.25. The zero-order valence-electron chi connectivity index (χ0n) is 14.1. The fourth-order valence-corrected chi connectivity index (χ4v) is 4.25. The number of hydrogen-bond acceptors (Lipinski definition) is 2. The van der Waals surface area contributed by atoms with Gasteiger partial charge in [0.05, 0.1) is 17.1 Å². The van der Waals surface area contributed by atoms with Crippen molar-refractivity contribution in [3.63, 3.8) is 0 Å². The lowest BCUT2D eigenvalue weighted by atomic mass is 10.2. The Labute approximate surface area is 157 Å². The van der Waals surface area contributed by atoms with Crippen LogP contribution in [0.15, 0.2) is 77.7 Å². The molecule has 0 aromatic heterocycles. The number of anilines is 1. The zero-order chi connectivity index (χ0) is 18.7. The Kier molecular flexibility index (Phi) is 5.30. The van der Waals surface area contributed by atoms with Crippen molar-refractivity contribution < 1.29 is 12.8 Å². The van der Waals surface area contributed by atoms with Crippen molar-refractivity contribution in [3.8, 4) is 0 Å². The minimum atomic E-state index is -3.87. The van der Waals surface area contributed by atoms with Gasteiger partial charge >= 0.3 is 0 Å². The highest BCUT2D eigenvalue weighted by Crippen LogP contribution is 2.28. The first-order valence-electron chi connectivity index (χ1n) is 7.96. The van der Waals surface area contributed by atoms with Crippen LogP contribution in [-0.4, -0.2) is 8.42 Å². The molecule has 0 heterocycles. The fourth-order valence-electron chi connectivity index (χ4n) is 2.57. The lowest BCUT2D eigenvalue weighted by molar-refractivity contribution is 0.589. The Morgan fingerprint density at radius 3 is 2.35 bits per heavy atom. The van der Waals surface area contributed by atoms with Gasteiger partial charge < -0.3 is 0 Å². The summed E-state index contributed by atoms with van der Waals surface area (Å²) in [6, 6.07) is 19.4. The van der Waals surface area contributed by atoms with E-state index in [4.69, 9.17) is 11.6 Å². The van der Waals surface area contributed by atoms with Crippen molar-refractivity contribution in [1.29, 1.82) is 0 Å². The van der Waals surface area contributed by atoms with Crippen LogP contribution in [0.2, 0.25) is 5.02 Å². The lowest BCUT2D eigenvalue weighted by Crippen LogP contribution is -2.30. The molecule has 0 aliphatic heterocycles. The molecule has 3 nitrogen and oxygen atoms in total. The second-order valence-corrected chi connectivity index (χ2v) is 8.19. The van der Waals surface area contributed by atoms with Gasteiger partial charge in [-0.1, -0.05) is 48.0 Å². The van der Waals surface area contributed by atoms with Crippen LogP contribution in [0.25, 0.3) is 0 Å². The van der Waals surface area contributed by atoms with Gasteiger partial charge in [-0.25, -0.2) is 12.8 Å². The van der Waals surface area contributed by atoms with Crippen LogP contribution in [0.5, 0.6) is 0 Å². The molecule has 0 saturated heterocycles. The van der Waals surface area contributed by atoms with E-state index in [-0.39, 0.29) is 17.1 Å². The molecule has 0 unspecified atom stereocenters. The number of nitrogens with zero attached hydrogens (tertiary/aromatic N) is 1. The van der Waals surface area contributed by atoms with E-state index in [1.54, 1.807) is 61.5 Å². The summed E-state index contributed by atoms with van der Waals surface area (Å²) in [6.07, 6.45) is 0. The Bertz CT molecular complexity index is 1020. The van der Waals surface area contributed by atoms with E-state index in [1.165, 1.54) is 22.5 Å². The van der Waals surface area contributed by atoms with Crippen LogP contribution in [0, 0.1) is 12.7 Å². The molecule has 0 atom stereocenters. The summed E-state index contributed by atoms with van der Waals surface area (Å²) in [5.41, 5.74) is 1.42. The van der Waals surface area contributed by atoms with Gasteiger partial charge in [-0.15, -0.1) is 0 Å². The molecule has 3 aromatic carbocycles. The minimum absolute atomic E-state index is 0.0420. The molecule has 3 aromatic rings. The Balaban J connectivity index is 2.11. The molecule has 0 spiro atoms. The summed E-state index contributed by atoms with van der Waals surface area (Å²) in [5.74, 6) is -0.457. The average molecular weight is 390 g/mol. The molecule has 0 bridgehead atoms. The normalized spacial score (nSPS) is 11.3. The van der Waals surface area contributed by atoms with Gasteiger partial charge in [0.1, 0.15) is 5.82 Å². The van der Waals surface area contributed by atoms with Crippen LogP contribution >= 0.6 is 11.6 Å². The molecule has 0 aliphatic carbocycles. The highest BCUT2D eigenvalue weighted by molar-refractivity contribution is 7.92. The maximum Gasteiger partial charge on any atom is 0.264 e. The van der Waals surface area contributed by atoms with Crippen LogP contribution in [0.3, 0.4) is 0 Å². The summed E-state index contributed by atoms with van der Waals surface area (Å²) in [6.45, 7) is 1.67. The molecule has 26 heavy (non-hydrogen) atoms. The second kappa shape index (κ2) is 7.48. The third-order valence-electron chi connectivity index (χ3n) is 3.99. The topological polar surface area (TPSA) is 37.4 Å². The van der Waals surface area contributed by atoms with E-state index in [2.05, 4.69) is 0 Å². The number of sulfonamides is 1. The standard InChI is InChI=1S/C20H17ClFNO2S/c1-15-10-11-18(13-20(15)22)23(14-16-6-5-7-17(21)12-16)26(24,25)19-8-3-2-4-9-19/h2-13H,14H2,1H3. The summed E-state index contributed by atoms with van der Waals surface area (Å²) in [7, 11) is -3.87. The third kappa shape index (κ3) is 3.89. The molecule has 6 heteroatoms. The van der Waals surface area contributed by atoms with Crippen molar-refractivity contribution in [1.82, 2.24) is 0 Å². The third-order valence-corrected chi connectivity index (χ3v) is 6.01. The molecule has 0 saturated carbocycles. The summed E-state index contributed by atoms with van der Waals surface area (Å²) < 4.78 is 41.7. The predicted molar refractivity (Wildman–Crippen MR) is 102 cm³/mol. The maximum atomic E-state index is 14.1. The van der Waals surface area contributed by atoms with E-state index in [0.29, 0.717) is 16.1 Å². The average Bonchev–Trinajstić information content (AvgIpc) is 2.63. The van der Waals surface area contributed by atoms with E-state index >= 15 is 0 Å². The van der Waals surface area contributed by atoms with E-state index in [9.17, 15) is 12.8 Å². The number of benzene rings is 3. The van der Waals surface area contributed by atoms with Crippen LogP contribution in [-0.2, 0) is 16.6 Å². The predicted octanol–water partition coefficient (Wildman–Crippen LogP) is 5.18. The fraction of sp³-hybridized carbons (Fsp3) is 0.100. The number of hydrogen-bond donors (Lipinski definition) is 0. The van der Waals surface area contributed by atoms with Gasteiger partial charge in [0.2, 0.25) is 0 Å². The SMILES string of the molecule is Cc1ccc(N(Cc2cccc(Cl)c2)S(=O)(=O)c2ccccc2)cc1F. The van der Waals surface area contributed by atoms with Gasteiger partial charge in [-0.2, -0.15) is 0 Å². The Morgan fingerprint density at radius 1 is 0.962 bits per heavy atom. The first-order chi connectivity index (χ1) is 12.4. The molecular formula is C20H17ClFNO2S. The Hall–Kier alpha value is -2.37. The molecule has 134 valence electrons. The van der Waals surface area contributed by atoms with Crippen molar-refractivity contribution >= 4 is 27.3 Å². The molecule has 0 amide bonds. The molecule has 3 rings (SSSR count). The maximum absolute atomic E-state index is 14.1. The first kappa shape index (κ1) is 18.4. The number of halogens is 2. The van der Waals surface area contributed by atoms with Crippen LogP contribution < -0.4 is 4.31 Å². The van der Waals surface area contributed by atoms with Gasteiger partial charge in [0.25, 0.3) is 10.0 Å². The first-order valence-corrected chi connectivity index (χ1v) is 9.78. The number of aryl methyl sites for hydroxylation is 1. The minimum Gasteiger partial charge on any atom is -0.262 e. The monoisotopic (exact) mass is 389 g/mol. The quantitative estimate of drug-likeness (QED) is 0.602. The summed E-state index contributed by atoms with van der Waals surface area (Å²) >= 11 is 6.02. The van der Waals surface area contributed by atoms with Gasteiger partial charge in [-0.05, 0) is 54.4 Å². The highest BCUT2D eigenvalue weighted by atomic mass is 35.5. The van der Waals surface area contributed by atoms with Crippen molar-refractivity contribution in [3.05, 3.63) is 94.8 Å².